The van der Waals surface area contributed by atoms with Gasteiger partial charge in [0.25, 0.3) is 0 Å². The summed E-state index contributed by atoms with van der Waals surface area (Å²) in [5, 5.41) is 10.6. The van der Waals surface area contributed by atoms with Gasteiger partial charge in [-0.2, -0.15) is 5.10 Å². The number of carbonyl (C=O) groups excluding carboxylic acids is 1. The zero-order valence-electron chi connectivity index (χ0n) is 12.0. The van der Waals surface area contributed by atoms with Crippen LogP contribution >= 0.6 is 0 Å². The van der Waals surface area contributed by atoms with Crippen molar-refractivity contribution < 1.29 is 4.79 Å². The number of anilines is 1. The first-order chi connectivity index (χ1) is 10.3. The van der Waals surface area contributed by atoms with Crippen molar-refractivity contribution in [3.05, 3.63) is 48.3 Å². The van der Waals surface area contributed by atoms with E-state index in [0.717, 1.165) is 37.2 Å². The highest BCUT2D eigenvalue weighted by Gasteiger charge is 2.21. The van der Waals surface area contributed by atoms with E-state index in [1.165, 1.54) is 0 Å². The van der Waals surface area contributed by atoms with Crippen molar-refractivity contribution in [3.63, 3.8) is 0 Å². The topological polar surface area (TPSA) is 59.0 Å². The Bertz CT molecular complexity index is 588. The molecule has 1 amide bonds. The fraction of sp³-hybridized carbons (Fsp3) is 0.375. The SMILES string of the molecule is O=C(Nc1ccccc1Cn1cccn1)[C@@H]1CCCNC1. The third-order valence-electron chi connectivity index (χ3n) is 3.83. The molecule has 5 nitrogen and oxygen atoms in total. The smallest absolute Gasteiger partial charge is 0.228 e. The maximum Gasteiger partial charge on any atom is 0.228 e. The number of carbonyl (C=O) groups is 1. The number of amides is 1. The molecule has 1 aromatic heterocycles. The van der Waals surface area contributed by atoms with E-state index in [-0.39, 0.29) is 11.8 Å². The van der Waals surface area contributed by atoms with Gasteiger partial charge < -0.3 is 10.6 Å². The van der Waals surface area contributed by atoms with Crippen molar-refractivity contribution in [1.29, 1.82) is 0 Å². The van der Waals surface area contributed by atoms with Crippen LogP contribution in [0, 0.1) is 5.92 Å². The van der Waals surface area contributed by atoms with Crippen molar-refractivity contribution in [2.24, 2.45) is 5.92 Å². The molecule has 0 spiro atoms. The molecule has 1 aromatic carbocycles. The van der Waals surface area contributed by atoms with Crippen LogP contribution in [0.25, 0.3) is 0 Å². The van der Waals surface area contributed by atoms with Crippen LogP contribution in [0.2, 0.25) is 0 Å². The number of aromatic nitrogens is 2. The van der Waals surface area contributed by atoms with Crippen molar-refractivity contribution in [2.75, 3.05) is 18.4 Å². The van der Waals surface area contributed by atoms with E-state index >= 15 is 0 Å². The Labute approximate surface area is 124 Å². The van der Waals surface area contributed by atoms with E-state index in [4.69, 9.17) is 0 Å². The molecule has 0 unspecified atom stereocenters. The lowest BCUT2D eigenvalue weighted by molar-refractivity contribution is -0.120. The van der Waals surface area contributed by atoms with E-state index in [1.54, 1.807) is 6.20 Å². The highest BCUT2D eigenvalue weighted by Crippen LogP contribution is 2.19. The molecule has 1 atom stereocenters. The molecule has 1 saturated heterocycles. The first kappa shape index (κ1) is 13.8. The molecule has 1 aliphatic heterocycles. The van der Waals surface area contributed by atoms with E-state index in [2.05, 4.69) is 15.7 Å². The molecule has 0 radical (unpaired) electrons. The zero-order valence-corrected chi connectivity index (χ0v) is 12.0. The molecule has 5 heteroatoms. The van der Waals surface area contributed by atoms with Gasteiger partial charge in [0.05, 0.1) is 12.5 Å². The fourth-order valence-electron chi connectivity index (χ4n) is 2.66. The summed E-state index contributed by atoms with van der Waals surface area (Å²) in [6.07, 6.45) is 5.70. The van der Waals surface area contributed by atoms with Gasteiger partial charge in [-0.15, -0.1) is 0 Å². The molecular formula is C16H20N4O. The second-order valence-corrected chi connectivity index (χ2v) is 5.39. The number of nitrogens with one attached hydrogen (secondary N) is 2. The lowest BCUT2D eigenvalue weighted by Crippen LogP contribution is -2.37. The normalized spacial score (nSPS) is 18.4. The molecule has 2 N–H and O–H groups in total. The molecule has 0 bridgehead atoms. The number of piperidine rings is 1. The molecular weight excluding hydrogens is 264 g/mol. The monoisotopic (exact) mass is 284 g/mol. The van der Waals surface area contributed by atoms with Gasteiger partial charge in [-0.25, -0.2) is 0 Å². The Morgan fingerprint density at radius 2 is 2.29 bits per heavy atom. The summed E-state index contributed by atoms with van der Waals surface area (Å²) in [6, 6.07) is 9.80. The van der Waals surface area contributed by atoms with E-state index in [0.29, 0.717) is 6.54 Å². The van der Waals surface area contributed by atoms with Crippen LogP contribution < -0.4 is 10.6 Å². The number of hydrogen-bond acceptors (Lipinski definition) is 3. The molecule has 0 aliphatic carbocycles. The number of para-hydroxylation sites is 1. The number of rotatable bonds is 4. The van der Waals surface area contributed by atoms with Crippen LogP contribution in [0.15, 0.2) is 42.7 Å². The molecule has 3 rings (SSSR count). The molecule has 1 fully saturated rings. The standard InChI is InChI=1S/C16H20N4O/c21-16(13-6-3-8-17-11-13)19-15-7-2-1-5-14(15)12-20-10-4-9-18-20/h1-2,4-5,7,9-10,13,17H,3,6,8,11-12H2,(H,19,21)/t13-/m1/s1. The molecule has 2 aromatic rings. The summed E-state index contributed by atoms with van der Waals surface area (Å²) >= 11 is 0. The van der Waals surface area contributed by atoms with Gasteiger partial charge in [0.15, 0.2) is 0 Å². The van der Waals surface area contributed by atoms with Gasteiger partial charge in [0, 0.05) is 24.6 Å². The quantitative estimate of drug-likeness (QED) is 0.901. The largest absolute Gasteiger partial charge is 0.325 e. The molecule has 0 saturated carbocycles. The number of hydrogen-bond donors (Lipinski definition) is 2. The summed E-state index contributed by atoms with van der Waals surface area (Å²) < 4.78 is 1.85. The first-order valence-corrected chi connectivity index (χ1v) is 7.40. The second kappa shape index (κ2) is 6.54. The van der Waals surface area contributed by atoms with Gasteiger partial charge in [-0.05, 0) is 37.1 Å². The minimum Gasteiger partial charge on any atom is -0.325 e. The summed E-state index contributed by atoms with van der Waals surface area (Å²) in [4.78, 5) is 12.3. The van der Waals surface area contributed by atoms with Crippen LogP contribution in [-0.4, -0.2) is 28.8 Å². The Morgan fingerprint density at radius 3 is 3.05 bits per heavy atom. The lowest BCUT2D eigenvalue weighted by Gasteiger charge is -2.22. The van der Waals surface area contributed by atoms with Gasteiger partial charge in [-0.1, -0.05) is 18.2 Å². The Morgan fingerprint density at radius 1 is 1.38 bits per heavy atom. The summed E-state index contributed by atoms with van der Waals surface area (Å²) in [5.41, 5.74) is 1.95. The second-order valence-electron chi connectivity index (χ2n) is 5.39. The molecule has 21 heavy (non-hydrogen) atoms. The van der Waals surface area contributed by atoms with Crippen molar-refractivity contribution in [2.45, 2.75) is 19.4 Å². The predicted octanol–water partition coefficient (Wildman–Crippen LogP) is 1.87. The lowest BCUT2D eigenvalue weighted by atomic mass is 9.98. The van der Waals surface area contributed by atoms with Gasteiger partial charge in [0.2, 0.25) is 5.91 Å². The fourth-order valence-corrected chi connectivity index (χ4v) is 2.66. The third-order valence-corrected chi connectivity index (χ3v) is 3.83. The summed E-state index contributed by atoms with van der Waals surface area (Å²) in [5.74, 6) is 0.173. The average molecular weight is 284 g/mol. The van der Waals surface area contributed by atoms with Crippen LogP contribution in [0.3, 0.4) is 0 Å². The van der Waals surface area contributed by atoms with E-state index in [1.807, 2.05) is 41.2 Å². The number of nitrogens with zero attached hydrogens (tertiary/aromatic N) is 2. The van der Waals surface area contributed by atoms with Crippen LogP contribution in [-0.2, 0) is 11.3 Å². The zero-order chi connectivity index (χ0) is 14.5. The maximum absolute atomic E-state index is 12.3. The van der Waals surface area contributed by atoms with Crippen LogP contribution in [0.5, 0.6) is 0 Å². The Hall–Kier alpha value is -2.14. The average Bonchev–Trinajstić information content (AvgIpc) is 3.03. The van der Waals surface area contributed by atoms with Crippen molar-refractivity contribution >= 4 is 11.6 Å². The Balaban J connectivity index is 1.71. The minimum atomic E-state index is 0.0662. The van der Waals surface area contributed by atoms with E-state index < -0.39 is 0 Å². The van der Waals surface area contributed by atoms with Crippen molar-refractivity contribution in [1.82, 2.24) is 15.1 Å². The molecule has 1 aliphatic rings. The molecule has 110 valence electrons. The predicted molar refractivity (Wildman–Crippen MR) is 82.0 cm³/mol. The van der Waals surface area contributed by atoms with Gasteiger partial charge in [0.1, 0.15) is 0 Å². The van der Waals surface area contributed by atoms with Gasteiger partial charge >= 0.3 is 0 Å². The Kier molecular flexibility index (Phi) is 4.31. The summed E-state index contributed by atoms with van der Waals surface area (Å²) in [6.45, 7) is 2.44. The molecule has 2 heterocycles. The van der Waals surface area contributed by atoms with Crippen LogP contribution in [0.1, 0.15) is 18.4 Å². The van der Waals surface area contributed by atoms with E-state index in [9.17, 15) is 4.79 Å². The van der Waals surface area contributed by atoms with Crippen molar-refractivity contribution in [3.8, 4) is 0 Å². The number of benzene rings is 1. The summed E-state index contributed by atoms with van der Waals surface area (Å²) in [7, 11) is 0. The highest BCUT2D eigenvalue weighted by atomic mass is 16.1. The highest BCUT2D eigenvalue weighted by molar-refractivity contribution is 5.93. The van der Waals surface area contributed by atoms with Crippen LogP contribution in [0.4, 0.5) is 5.69 Å². The third kappa shape index (κ3) is 3.49. The minimum absolute atomic E-state index is 0.0662. The van der Waals surface area contributed by atoms with Gasteiger partial charge in [-0.3, -0.25) is 9.48 Å². The maximum atomic E-state index is 12.3. The first-order valence-electron chi connectivity index (χ1n) is 7.40.